The van der Waals surface area contributed by atoms with Crippen LogP contribution in [0.5, 0.6) is 0 Å². The van der Waals surface area contributed by atoms with Gasteiger partial charge in [0, 0.05) is 18.0 Å². The highest BCUT2D eigenvalue weighted by molar-refractivity contribution is 9.11. The molecule has 0 atom stereocenters. The van der Waals surface area contributed by atoms with Crippen LogP contribution in [-0.4, -0.2) is 28.1 Å². The fourth-order valence-electron chi connectivity index (χ4n) is 2.92. The van der Waals surface area contributed by atoms with Crippen molar-refractivity contribution in [1.82, 2.24) is 4.90 Å². The number of carboxylic acids is 1. The highest BCUT2D eigenvalue weighted by Crippen LogP contribution is 2.51. The van der Waals surface area contributed by atoms with Crippen molar-refractivity contribution in [2.24, 2.45) is 5.92 Å². The van der Waals surface area contributed by atoms with E-state index in [1.807, 2.05) is 6.07 Å². The number of carbonyl (C=O) groups is 1. The molecule has 0 spiro atoms. The molecular weight excluding hydrogens is 290 g/mol. The third-order valence-corrected chi connectivity index (χ3v) is 5.32. The number of carboxylic acid groups (broad SMARTS) is 1. The zero-order valence-electron chi connectivity index (χ0n) is 8.65. The molecule has 2 aliphatic heterocycles. The predicted molar refractivity (Wildman–Crippen MR) is 65.5 cm³/mol. The number of aliphatic carboxylic acids is 1. The van der Waals surface area contributed by atoms with Gasteiger partial charge in [-0.3, -0.25) is 9.69 Å². The molecule has 4 rings (SSSR count). The van der Waals surface area contributed by atoms with Crippen molar-refractivity contribution in [1.29, 1.82) is 0 Å². The summed E-state index contributed by atoms with van der Waals surface area (Å²) < 4.78 is 1.11. The average molecular weight is 302 g/mol. The molecule has 1 aromatic rings. The number of thiophene rings is 1. The molecule has 1 saturated carbocycles. The lowest BCUT2D eigenvalue weighted by atomic mass is 9.73. The summed E-state index contributed by atoms with van der Waals surface area (Å²) in [5.74, 6) is -0.0311. The molecular formula is C11H12BrNO2S. The van der Waals surface area contributed by atoms with Gasteiger partial charge in [-0.25, -0.2) is 0 Å². The summed E-state index contributed by atoms with van der Waals surface area (Å²) in [7, 11) is 0. The van der Waals surface area contributed by atoms with Crippen LogP contribution in [0.3, 0.4) is 0 Å². The van der Waals surface area contributed by atoms with Crippen molar-refractivity contribution in [3.05, 3.63) is 20.8 Å². The molecule has 0 unspecified atom stereocenters. The van der Waals surface area contributed by atoms with Gasteiger partial charge in [0.2, 0.25) is 0 Å². The van der Waals surface area contributed by atoms with Gasteiger partial charge in [-0.05, 0) is 46.8 Å². The lowest BCUT2D eigenvalue weighted by Crippen LogP contribution is -2.52. The Morgan fingerprint density at radius 1 is 1.62 bits per heavy atom. The predicted octanol–water partition coefficient (Wildman–Crippen LogP) is 2.56. The number of nitrogens with zero attached hydrogens (tertiary/aromatic N) is 1. The van der Waals surface area contributed by atoms with Gasteiger partial charge in [0.25, 0.3) is 0 Å². The first-order chi connectivity index (χ1) is 7.60. The van der Waals surface area contributed by atoms with Crippen molar-refractivity contribution >= 4 is 33.2 Å². The molecule has 5 heteroatoms. The second kappa shape index (κ2) is 3.55. The van der Waals surface area contributed by atoms with Crippen LogP contribution in [0.15, 0.2) is 15.9 Å². The Balaban J connectivity index is 1.79. The van der Waals surface area contributed by atoms with Crippen LogP contribution < -0.4 is 0 Å². The molecule has 0 amide bonds. The molecule has 3 nitrogen and oxygen atoms in total. The Morgan fingerprint density at radius 3 is 2.94 bits per heavy atom. The summed E-state index contributed by atoms with van der Waals surface area (Å²) in [4.78, 5) is 14.7. The summed E-state index contributed by atoms with van der Waals surface area (Å²) >= 11 is 5.12. The third-order valence-electron chi connectivity index (χ3n) is 3.71. The highest BCUT2D eigenvalue weighted by atomic mass is 79.9. The van der Waals surface area contributed by atoms with E-state index in [1.165, 1.54) is 4.88 Å². The Kier molecular flexibility index (Phi) is 2.38. The van der Waals surface area contributed by atoms with Crippen LogP contribution in [0.2, 0.25) is 0 Å². The lowest BCUT2D eigenvalue weighted by Gasteiger charge is -2.37. The van der Waals surface area contributed by atoms with Gasteiger partial charge in [0.05, 0.1) is 3.79 Å². The van der Waals surface area contributed by atoms with Crippen molar-refractivity contribution in [3.8, 4) is 0 Å². The van der Waals surface area contributed by atoms with Crippen molar-refractivity contribution < 1.29 is 9.90 Å². The minimum atomic E-state index is -0.642. The zero-order valence-corrected chi connectivity index (χ0v) is 11.1. The standard InChI is InChI=1S/C11H12BrNO2S/c12-9-2-1-8(16-9)6-13-5-7-3-11(13,4-7)10(14)15/h1-2,7H,3-6H2,(H,14,15). The van der Waals surface area contributed by atoms with Crippen LogP contribution in [0.25, 0.3) is 0 Å². The van der Waals surface area contributed by atoms with E-state index in [0.29, 0.717) is 5.92 Å². The maximum atomic E-state index is 11.3. The first kappa shape index (κ1) is 10.7. The first-order valence-corrected chi connectivity index (χ1v) is 6.94. The Morgan fingerprint density at radius 2 is 2.38 bits per heavy atom. The van der Waals surface area contributed by atoms with Crippen LogP contribution in [0.1, 0.15) is 17.7 Å². The fraction of sp³-hybridized carbons (Fsp3) is 0.545. The number of halogens is 1. The minimum Gasteiger partial charge on any atom is -0.480 e. The van der Waals surface area contributed by atoms with E-state index in [4.69, 9.17) is 0 Å². The Bertz CT molecular complexity index is 439. The van der Waals surface area contributed by atoms with Crippen molar-refractivity contribution in [2.75, 3.05) is 6.54 Å². The van der Waals surface area contributed by atoms with Crippen molar-refractivity contribution in [2.45, 2.75) is 24.9 Å². The molecule has 2 bridgehead atoms. The van der Waals surface area contributed by atoms with E-state index in [1.54, 1.807) is 11.3 Å². The number of fused-ring (bicyclic) bond motifs is 1. The highest BCUT2D eigenvalue weighted by Gasteiger charge is 2.60. The second-order valence-electron chi connectivity index (χ2n) is 4.70. The molecule has 0 radical (unpaired) electrons. The van der Waals surface area contributed by atoms with Crippen LogP contribution >= 0.6 is 27.3 Å². The second-order valence-corrected chi connectivity index (χ2v) is 7.24. The quantitative estimate of drug-likeness (QED) is 0.933. The summed E-state index contributed by atoms with van der Waals surface area (Å²) in [5.41, 5.74) is -0.541. The molecule has 16 heavy (non-hydrogen) atoms. The smallest absolute Gasteiger partial charge is 0.324 e. The van der Waals surface area contributed by atoms with E-state index < -0.39 is 11.5 Å². The number of rotatable bonds is 3. The van der Waals surface area contributed by atoms with Crippen molar-refractivity contribution in [3.63, 3.8) is 0 Å². The molecule has 3 heterocycles. The normalized spacial score (nSPS) is 32.7. The van der Waals surface area contributed by atoms with Crippen LogP contribution in [0.4, 0.5) is 0 Å². The summed E-state index contributed by atoms with van der Waals surface area (Å²) in [5, 5.41) is 9.32. The molecule has 3 aliphatic rings. The third kappa shape index (κ3) is 1.45. The maximum absolute atomic E-state index is 11.3. The molecule has 0 aromatic carbocycles. The lowest BCUT2D eigenvalue weighted by molar-refractivity contribution is -0.152. The number of hydrogen-bond acceptors (Lipinski definition) is 3. The van der Waals surface area contributed by atoms with E-state index in [9.17, 15) is 9.90 Å². The van der Waals surface area contributed by atoms with Gasteiger partial charge in [-0.15, -0.1) is 11.3 Å². The van der Waals surface area contributed by atoms with Gasteiger partial charge in [0.1, 0.15) is 5.54 Å². The van der Waals surface area contributed by atoms with Gasteiger partial charge < -0.3 is 5.11 Å². The minimum absolute atomic E-state index is 0.541. The fourth-order valence-corrected chi connectivity index (χ4v) is 4.42. The molecule has 1 N–H and O–H groups in total. The van der Waals surface area contributed by atoms with Gasteiger partial charge >= 0.3 is 5.97 Å². The molecule has 3 fully saturated rings. The van der Waals surface area contributed by atoms with E-state index >= 15 is 0 Å². The topological polar surface area (TPSA) is 40.5 Å². The van der Waals surface area contributed by atoms with E-state index in [-0.39, 0.29) is 0 Å². The molecule has 86 valence electrons. The van der Waals surface area contributed by atoms with E-state index in [0.717, 1.165) is 29.7 Å². The number of hydrogen-bond donors (Lipinski definition) is 1. The molecule has 1 aromatic heterocycles. The van der Waals surface area contributed by atoms with Crippen LogP contribution in [0, 0.1) is 5.92 Å². The van der Waals surface area contributed by atoms with E-state index in [2.05, 4.69) is 26.9 Å². The first-order valence-electron chi connectivity index (χ1n) is 5.33. The molecule has 2 saturated heterocycles. The Labute approximate surface area is 106 Å². The average Bonchev–Trinajstić information content (AvgIpc) is 2.77. The summed E-state index contributed by atoms with van der Waals surface area (Å²) in [6, 6.07) is 4.09. The Hall–Kier alpha value is -0.390. The largest absolute Gasteiger partial charge is 0.480 e. The zero-order chi connectivity index (χ0) is 11.3. The van der Waals surface area contributed by atoms with Gasteiger partial charge in [0.15, 0.2) is 0 Å². The SMILES string of the molecule is O=C(O)C12CC(CN1Cc1ccc(Br)s1)C2. The summed E-state index contributed by atoms with van der Waals surface area (Å²) in [6.45, 7) is 1.72. The van der Waals surface area contributed by atoms with Crippen LogP contribution in [-0.2, 0) is 11.3 Å². The molecule has 1 aliphatic carbocycles. The maximum Gasteiger partial charge on any atom is 0.324 e. The monoisotopic (exact) mass is 301 g/mol. The van der Waals surface area contributed by atoms with Gasteiger partial charge in [-0.2, -0.15) is 0 Å². The summed E-state index contributed by atoms with van der Waals surface area (Å²) in [6.07, 6.45) is 1.68. The van der Waals surface area contributed by atoms with Gasteiger partial charge in [-0.1, -0.05) is 0 Å².